The third kappa shape index (κ3) is 2.02. The van der Waals surface area contributed by atoms with Gasteiger partial charge in [0.05, 0.1) is 18.5 Å². The molecule has 0 amide bonds. The molecule has 0 bridgehead atoms. The second-order valence-corrected chi connectivity index (χ2v) is 5.29. The standard InChI is InChI=1S/C11H14ClN5O/c1-11(2)5-17(3-4-18-11)9-7-8(14-6-13-7)15-10(12)16-9/h6H,3-5H2,1-2H3,(H,13,14,15,16). The van der Waals surface area contributed by atoms with Crippen molar-refractivity contribution in [1.29, 1.82) is 0 Å². The summed E-state index contributed by atoms with van der Waals surface area (Å²) in [7, 11) is 0. The zero-order valence-corrected chi connectivity index (χ0v) is 11.0. The highest BCUT2D eigenvalue weighted by Crippen LogP contribution is 2.27. The summed E-state index contributed by atoms with van der Waals surface area (Å²) in [5.74, 6) is 0.791. The Morgan fingerprint density at radius 3 is 3.06 bits per heavy atom. The maximum atomic E-state index is 5.94. The Hall–Kier alpha value is -1.40. The molecule has 1 aliphatic rings. The number of fused-ring (bicyclic) bond motifs is 1. The van der Waals surface area contributed by atoms with E-state index in [0.717, 1.165) is 24.4 Å². The molecule has 0 saturated carbocycles. The van der Waals surface area contributed by atoms with Gasteiger partial charge in [-0.1, -0.05) is 0 Å². The van der Waals surface area contributed by atoms with Crippen molar-refractivity contribution >= 4 is 28.6 Å². The highest BCUT2D eigenvalue weighted by atomic mass is 35.5. The largest absolute Gasteiger partial charge is 0.372 e. The quantitative estimate of drug-likeness (QED) is 0.796. The number of halogens is 1. The first-order valence-corrected chi connectivity index (χ1v) is 6.18. The summed E-state index contributed by atoms with van der Waals surface area (Å²) in [5.41, 5.74) is 1.22. The maximum absolute atomic E-state index is 5.94. The molecule has 6 nitrogen and oxygen atoms in total. The van der Waals surface area contributed by atoms with E-state index in [4.69, 9.17) is 16.3 Å². The van der Waals surface area contributed by atoms with E-state index in [1.54, 1.807) is 6.33 Å². The van der Waals surface area contributed by atoms with E-state index in [0.29, 0.717) is 12.3 Å². The number of anilines is 1. The molecule has 0 spiro atoms. The predicted octanol–water partition coefficient (Wildman–Crippen LogP) is 1.62. The minimum Gasteiger partial charge on any atom is -0.372 e. The number of imidazole rings is 1. The lowest BCUT2D eigenvalue weighted by molar-refractivity contribution is -0.0278. The number of ether oxygens (including phenoxy) is 1. The van der Waals surface area contributed by atoms with Gasteiger partial charge in [0.15, 0.2) is 11.5 Å². The number of aromatic amines is 1. The SMILES string of the molecule is CC1(C)CN(c2nc(Cl)nc3nc[nH]c23)CCO1. The van der Waals surface area contributed by atoms with Crippen molar-refractivity contribution in [3.63, 3.8) is 0 Å². The van der Waals surface area contributed by atoms with Gasteiger partial charge in [0, 0.05) is 13.1 Å². The molecule has 96 valence electrons. The molecule has 2 aromatic heterocycles. The van der Waals surface area contributed by atoms with E-state index in [-0.39, 0.29) is 10.9 Å². The first-order chi connectivity index (χ1) is 8.55. The van der Waals surface area contributed by atoms with Crippen LogP contribution in [0, 0.1) is 0 Å². The van der Waals surface area contributed by atoms with E-state index >= 15 is 0 Å². The molecule has 2 aromatic rings. The Morgan fingerprint density at radius 1 is 1.44 bits per heavy atom. The molecular weight excluding hydrogens is 254 g/mol. The molecule has 0 aliphatic carbocycles. The summed E-state index contributed by atoms with van der Waals surface area (Å²) in [6.45, 7) is 6.34. The van der Waals surface area contributed by atoms with Gasteiger partial charge in [-0.3, -0.25) is 0 Å². The average Bonchev–Trinajstić information content (AvgIpc) is 2.74. The summed E-state index contributed by atoms with van der Waals surface area (Å²) < 4.78 is 5.70. The molecule has 0 radical (unpaired) electrons. The number of hydrogen-bond acceptors (Lipinski definition) is 5. The van der Waals surface area contributed by atoms with Crippen molar-refractivity contribution in [1.82, 2.24) is 19.9 Å². The Labute approximate surface area is 109 Å². The number of morpholine rings is 1. The zero-order chi connectivity index (χ0) is 12.8. The fourth-order valence-electron chi connectivity index (χ4n) is 2.22. The number of aromatic nitrogens is 4. The van der Waals surface area contributed by atoms with E-state index in [1.807, 2.05) is 0 Å². The van der Waals surface area contributed by atoms with Gasteiger partial charge < -0.3 is 14.6 Å². The molecule has 0 aromatic carbocycles. The van der Waals surface area contributed by atoms with Crippen LogP contribution >= 0.6 is 11.6 Å². The first-order valence-electron chi connectivity index (χ1n) is 5.81. The third-order valence-corrected chi connectivity index (χ3v) is 3.13. The Kier molecular flexibility index (Phi) is 2.64. The lowest BCUT2D eigenvalue weighted by atomic mass is 10.1. The number of rotatable bonds is 1. The van der Waals surface area contributed by atoms with Crippen molar-refractivity contribution in [2.24, 2.45) is 0 Å². The third-order valence-electron chi connectivity index (χ3n) is 2.96. The highest BCUT2D eigenvalue weighted by Gasteiger charge is 2.29. The van der Waals surface area contributed by atoms with Crippen LogP contribution in [-0.2, 0) is 4.74 Å². The van der Waals surface area contributed by atoms with E-state index < -0.39 is 0 Å². The minimum absolute atomic E-state index is 0.192. The molecule has 7 heteroatoms. The van der Waals surface area contributed by atoms with Crippen LogP contribution in [0.1, 0.15) is 13.8 Å². The normalized spacial score (nSPS) is 19.4. The van der Waals surface area contributed by atoms with Gasteiger partial charge in [0.25, 0.3) is 0 Å². The summed E-state index contributed by atoms with van der Waals surface area (Å²) >= 11 is 5.94. The number of nitrogens with zero attached hydrogens (tertiary/aromatic N) is 4. The predicted molar refractivity (Wildman–Crippen MR) is 68.9 cm³/mol. The Bertz CT molecular complexity index is 582. The average molecular weight is 268 g/mol. The summed E-state index contributed by atoms with van der Waals surface area (Å²) in [4.78, 5) is 17.7. The second-order valence-electron chi connectivity index (χ2n) is 4.95. The van der Waals surface area contributed by atoms with Gasteiger partial charge in [-0.2, -0.15) is 9.97 Å². The van der Waals surface area contributed by atoms with Crippen LogP contribution in [0.25, 0.3) is 11.2 Å². The number of nitrogens with one attached hydrogen (secondary N) is 1. The van der Waals surface area contributed by atoms with Crippen molar-refractivity contribution < 1.29 is 4.74 Å². The molecule has 1 fully saturated rings. The van der Waals surface area contributed by atoms with Gasteiger partial charge in [-0.05, 0) is 25.4 Å². The van der Waals surface area contributed by atoms with Gasteiger partial charge in [-0.15, -0.1) is 0 Å². The highest BCUT2D eigenvalue weighted by molar-refractivity contribution is 6.28. The lowest BCUT2D eigenvalue weighted by Gasteiger charge is -2.38. The van der Waals surface area contributed by atoms with Gasteiger partial charge in [-0.25, -0.2) is 4.98 Å². The summed E-state index contributed by atoms with van der Waals surface area (Å²) in [5, 5.41) is 0.217. The second kappa shape index (κ2) is 4.07. The van der Waals surface area contributed by atoms with Crippen LogP contribution in [0.4, 0.5) is 5.82 Å². The van der Waals surface area contributed by atoms with Crippen molar-refractivity contribution in [2.45, 2.75) is 19.4 Å². The maximum Gasteiger partial charge on any atom is 0.226 e. The van der Waals surface area contributed by atoms with Crippen LogP contribution in [-0.4, -0.2) is 45.2 Å². The molecule has 0 atom stereocenters. The molecule has 1 saturated heterocycles. The van der Waals surface area contributed by atoms with Crippen LogP contribution in [0.15, 0.2) is 6.33 Å². The van der Waals surface area contributed by atoms with Crippen molar-refractivity contribution in [3.8, 4) is 0 Å². The Balaban J connectivity index is 2.05. The van der Waals surface area contributed by atoms with Gasteiger partial charge in [0.2, 0.25) is 5.28 Å². The van der Waals surface area contributed by atoms with Crippen LogP contribution in [0.3, 0.4) is 0 Å². The monoisotopic (exact) mass is 267 g/mol. The van der Waals surface area contributed by atoms with E-state index in [1.165, 1.54) is 0 Å². The van der Waals surface area contributed by atoms with Crippen molar-refractivity contribution in [2.75, 3.05) is 24.6 Å². The minimum atomic E-state index is -0.192. The molecular formula is C11H14ClN5O. The molecule has 3 rings (SSSR count). The summed E-state index contributed by atoms with van der Waals surface area (Å²) in [6.07, 6.45) is 1.60. The number of hydrogen-bond donors (Lipinski definition) is 1. The molecule has 1 aliphatic heterocycles. The van der Waals surface area contributed by atoms with Crippen LogP contribution in [0.2, 0.25) is 5.28 Å². The summed E-state index contributed by atoms with van der Waals surface area (Å²) in [6, 6.07) is 0. The lowest BCUT2D eigenvalue weighted by Crippen LogP contribution is -2.48. The molecule has 18 heavy (non-hydrogen) atoms. The topological polar surface area (TPSA) is 66.9 Å². The fourth-order valence-corrected chi connectivity index (χ4v) is 2.38. The fraction of sp³-hybridized carbons (Fsp3) is 0.545. The zero-order valence-electron chi connectivity index (χ0n) is 10.3. The molecule has 3 heterocycles. The van der Waals surface area contributed by atoms with E-state index in [2.05, 4.69) is 38.7 Å². The first kappa shape index (κ1) is 11.7. The van der Waals surface area contributed by atoms with E-state index in [9.17, 15) is 0 Å². The molecule has 1 N–H and O–H groups in total. The van der Waals surface area contributed by atoms with Crippen molar-refractivity contribution in [3.05, 3.63) is 11.6 Å². The van der Waals surface area contributed by atoms with Gasteiger partial charge >= 0.3 is 0 Å². The Morgan fingerprint density at radius 2 is 2.28 bits per heavy atom. The van der Waals surface area contributed by atoms with Crippen LogP contribution < -0.4 is 4.90 Å². The smallest absolute Gasteiger partial charge is 0.226 e. The molecule has 0 unspecified atom stereocenters. The van der Waals surface area contributed by atoms with Crippen LogP contribution in [0.5, 0.6) is 0 Å². The van der Waals surface area contributed by atoms with Gasteiger partial charge in [0.1, 0.15) is 5.52 Å². The number of H-pyrrole nitrogens is 1.